The summed E-state index contributed by atoms with van der Waals surface area (Å²) in [4.78, 5) is 0. The Balaban J connectivity index is 1.73. The molecule has 1 saturated carbocycles. The van der Waals surface area contributed by atoms with Crippen LogP contribution in [0.25, 0.3) is 0 Å². The van der Waals surface area contributed by atoms with Crippen molar-refractivity contribution in [2.75, 3.05) is 13.2 Å². The lowest BCUT2D eigenvalue weighted by Crippen LogP contribution is -2.39. The number of aromatic nitrogens is 3. The molecule has 0 atom stereocenters. The lowest BCUT2D eigenvalue weighted by atomic mass is 9.67. The minimum Gasteiger partial charge on any atom is -0.394 e. The van der Waals surface area contributed by atoms with E-state index < -0.39 is 0 Å². The second kappa shape index (κ2) is 5.60. The molecule has 1 heterocycles. The maximum atomic E-state index is 8.78. The highest BCUT2D eigenvalue weighted by Gasteiger charge is 2.34. The van der Waals surface area contributed by atoms with Crippen LogP contribution in [0.15, 0.2) is 6.20 Å². The fraction of sp³-hybridized carbons (Fsp3) is 0.833. The summed E-state index contributed by atoms with van der Waals surface area (Å²) in [5.74, 6) is 0. The summed E-state index contributed by atoms with van der Waals surface area (Å²) in [7, 11) is 0. The van der Waals surface area contributed by atoms with E-state index in [0.29, 0.717) is 12.0 Å². The van der Waals surface area contributed by atoms with Crippen molar-refractivity contribution < 1.29 is 5.11 Å². The highest BCUT2D eigenvalue weighted by atomic mass is 16.3. The van der Waals surface area contributed by atoms with Gasteiger partial charge in [-0.15, -0.1) is 5.10 Å². The Morgan fingerprint density at radius 2 is 2.35 bits per heavy atom. The van der Waals surface area contributed by atoms with E-state index in [1.807, 2.05) is 6.20 Å². The van der Waals surface area contributed by atoms with Gasteiger partial charge in [0.05, 0.1) is 18.8 Å². The fourth-order valence-electron chi connectivity index (χ4n) is 2.42. The zero-order valence-electron chi connectivity index (χ0n) is 10.5. The molecule has 5 heteroatoms. The van der Waals surface area contributed by atoms with Gasteiger partial charge in [0.1, 0.15) is 0 Å². The average Bonchev–Trinajstić information content (AvgIpc) is 2.71. The van der Waals surface area contributed by atoms with Gasteiger partial charge in [0.2, 0.25) is 0 Å². The molecule has 0 saturated heterocycles. The van der Waals surface area contributed by atoms with Gasteiger partial charge in [0.25, 0.3) is 0 Å². The van der Waals surface area contributed by atoms with Crippen molar-refractivity contribution >= 4 is 0 Å². The second-order valence-electron chi connectivity index (χ2n) is 5.01. The van der Waals surface area contributed by atoms with E-state index in [0.717, 1.165) is 18.8 Å². The molecule has 2 N–H and O–H groups in total. The normalized spacial score (nSPS) is 18.0. The minimum atomic E-state index is 0.106. The van der Waals surface area contributed by atoms with Gasteiger partial charge in [-0.05, 0) is 24.7 Å². The largest absolute Gasteiger partial charge is 0.394 e. The van der Waals surface area contributed by atoms with E-state index in [4.69, 9.17) is 5.11 Å². The summed E-state index contributed by atoms with van der Waals surface area (Å²) in [6, 6.07) is 0. The minimum absolute atomic E-state index is 0.106. The molecule has 0 radical (unpaired) electrons. The topological polar surface area (TPSA) is 63.0 Å². The molecule has 0 aliphatic heterocycles. The van der Waals surface area contributed by atoms with E-state index in [2.05, 4.69) is 22.6 Å². The smallest absolute Gasteiger partial charge is 0.0964 e. The fourth-order valence-corrected chi connectivity index (χ4v) is 2.42. The Bertz CT molecular complexity index is 341. The van der Waals surface area contributed by atoms with Crippen molar-refractivity contribution in [3.05, 3.63) is 11.9 Å². The first-order valence-electron chi connectivity index (χ1n) is 6.48. The van der Waals surface area contributed by atoms with Gasteiger partial charge < -0.3 is 10.4 Å². The first kappa shape index (κ1) is 12.5. The maximum absolute atomic E-state index is 8.78. The van der Waals surface area contributed by atoms with Crippen LogP contribution in [0.2, 0.25) is 0 Å². The Labute approximate surface area is 102 Å². The number of aliphatic hydroxyl groups is 1. The molecule has 2 rings (SSSR count). The molecule has 1 fully saturated rings. The van der Waals surface area contributed by atoms with Gasteiger partial charge in [-0.2, -0.15) is 0 Å². The number of nitrogens with one attached hydrogen (secondary N) is 1. The molecule has 1 aliphatic rings. The molecule has 0 aromatic carbocycles. The first-order valence-corrected chi connectivity index (χ1v) is 6.48. The summed E-state index contributed by atoms with van der Waals surface area (Å²) >= 11 is 0. The number of nitrogens with zero attached hydrogens (tertiary/aromatic N) is 3. The van der Waals surface area contributed by atoms with Gasteiger partial charge >= 0.3 is 0 Å². The lowest BCUT2D eigenvalue weighted by Gasteiger charge is -2.41. The summed E-state index contributed by atoms with van der Waals surface area (Å²) in [5, 5.41) is 20.3. The van der Waals surface area contributed by atoms with Crippen LogP contribution in [0.1, 0.15) is 38.3 Å². The quantitative estimate of drug-likeness (QED) is 0.742. The predicted octanol–water partition coefficient (Wildman–Crippen LogP) is 0.940. The SMILES string of the molecule is CCC1(CNCc2cn(CCO)nn2)CCC1. The third-order valence-electron chi connectivity index (χ3n) is 3.89. The zero-order valence-corrected chi connectivity index (χ0v) is 10.5. The Morgan fingerprint density at radius 1 is 1.53 bits per heavy atom. The Morgan fingerprint density at radius 3 is 2.94 bits per heavy atom. The number of hydrogen-bond donors (Lipinski definition) is 2. The molecule has 1 aromatic heterocycles. The molecular weight excluding hydrogens is 216 g/mol. The van der Waals surface area contributed by atoms with Crippen LogP contribution in [0, 0.1) is 5.41 Å². The molecule has 0 spiro atoms. The molecule has 0 unspecified atom stereocenters. The van der Waals surface area contributed by atoms with Gasteiger partial charge in [-0.3, -0.25) is 0 Å². The molecule has 96 valence electrons. The average molecular weight is 238 g/mol. The van der Waals surface area contributed by atoms with Crippen molar-refractivity contribution in [3.8, 4) is 0 Å². The predicted molar refractivity (Wildman–Crippen MR) is 65.4 cm³/mol. The van der Waals surface area contributed by atoms with E-state index in [1.54, 1.807) is 4.68 Å². The van der Waals surface area contributed by atoms with Gasteiger partial charge in [0, 0.05) is 19.3 Å². The van der Waals surface area contributed by atoms with Crippen molar-refractivity contribution in [2.45, 2.75) is 45.7 Å². The van der Waals surface area contributed by atoms with Crippen LogP contribution in [-0.2, 0) is 13.1 Å². The highest BCUT2D eigenvalue weighted by molar-refractivity contribution is 4.94. The van der Waals surface area contributed by atoms with Crippen LogP contribution in [0.5, 0.6) is 0 Å². The highest BCUT2D eigenvalue weighted by Crippen LogP contribution is 2.43. The van der Waals surface area contributed by atoms with Crippen LogP contribution in [-0.4, -0.2) is 33.3 Å². The van der Waals surface area contributed by atoms with Gasteiger partial charge in [-0.25, -0.2) is 4.68 Å². The Hall–Kier alpha value is -0.940. The molecule has 17 heavy (non-hydrogen) atoms. The van der Waals surface area contributed by atoms with Gasteiger partial charge in [-0.1, -0.05) is 18.6 Å². The summed E-state index contributed by atoms with van der Waals surface area (Å²) in [6.07, 6.45) is 7.24. The van der Waals surface area contributed by atoms with E-state index >= 15 is 0 Å². The monoisotopic (exact) mass is 238 g/mol. The van der Waals surface area contributed by atoms with Crippen molar-refractivity contribution in [1.29, 1.82) is 0 Å². The molecule has 0 bridgehead atoms. The first-order chi connectivity index (χ1) is 8.28. The standard InChI is InChI=1S/C12H22N4O/c1-2-12(4-3-5-12)10-13-8-11-9-16(6-7-17)15-14-11/h9,13,17H,2-8,10H2,1H3. The molecule has 1 aliphatic carbocycles. The van der Waals surface area contributed by atoms with E-state index in [1.165, 1.54) is 25.7 Å². The van der Waals surface area contributed by atoms with Crippen LogP contribution >= 0.6 is 0 Å². The van der Waals surface area contributed by atoms with Crippen LogP contribution < -0.4 is 5.32 Å². The summed E-state index contributed by atoms with van der Waals surface area (Å²) < 4.78 is 1.68. The number of hydrogen-bond acceptors (Lipinski definition) is 4. The third-order valence-corrected chi connectivity index (χ3v) is 3.89. The molecule has 1 aromatic rings. The lowest BCUT2D eigenvalue weighted by molar-refractivity contribution is 0.123. The molecule has 5 nitrogen and oxygen atoms in total. The third kappa shape index (κ3) is 3.04. The van der Waals surface area contributed by atoms with Crippen molar-refractivity contribution in [3.63, 3.8) is 0 Å². The Kier molecular flexibility index (Phi) is 4.12. The molecular formula is C12H22N4O. The summed E-state index contributed by atoms with van der Waals surface area (Å²) in [6.45, 7) is 4.75. The molecule has 0 amide bonds. The van der Waals surface area contributed by atoms with Crippen molar-refractivity contribution in [1.82, 2.24) is 20.3 Å². The van der Waals surface area contributed by atoms with Crippen molar-refractivity contribution in [2.24, 2.45) is 5.41 Å². The van der Waals surface area contributed by atoms with Crippen LogP contribution in [0.3, 0.4) is 0 Å². The maximum Gasteiger partial charge on any atom is 0.0964 e. The van der Waals surface area contributed by atoms with E-state index in [9.17, 15) is 0 Å². The second-order valence-corrected chi connectivity index (χ2v) is 5.01. The van der Waals surface area contributed by atoms with E-state index in [-0.39, 0.29) is 6.61 Å². The van der Waals surface area contributed by atoms with Gasteiger partial charge in [0.15, 0.2) is 0 Å². The number of aliphatic hydroxyl groups excluding tert-OH is 1. The number of rotatable bonds is 7. The zero-order chi connectivity index (χ0) is 12.1. The summed E-state index contributed by atoms with van der Waals surface area (Å²) in [5.41, 5.74) is 1.49. The van der Waals surface area contributed by atoms with Crippen LogP contribution in [0.4, 0.5) is 0 Å².